The quantitative estimate of drug-likeness (QED) is 0.773. The highest BCUT2D eigenvalue weighted by atomic mass is 16.6. The van der Waals surface area contributed by atoms with E-state index in [-0.39, 0.29) is 11.4 Å². The molecule has 1 heterocycles. The Labute approximate surface area is 94.6 Å². The minimum absolute atomic E-state index is 0.175. The van der Waals surface area contributed by atoms with Crippen LogP contribution in [0.2, 0.25) is 0 Å². The van der Waals surface area contributed by atoms with Crippen molar-refractivity contribution in [3.8, 4) is 5.88 Å². The van der Waals surface area contributed by atoms with Crippen LogP contribution in [0.1, 0.15) is 31.1 Å². The lowest BCUT2D eigenvalue weighted by Gasteiger charge is -2.19. The largest absolute Gasteiger partial charge is 0.480 e. The highest BCUT2D eigenvalue weighted by molar-refractivity contribution is 5.92. The van der Waals surface area contributed by atoms with Gasteiger partial charge in [-0.3, -0.25) is 0 Å². The highest BCUT2D eigenvalue weighted by Gasteiger charge is 2.21. The summed E-state index contributed by atoms with van der Waals surface area (Å²) in [4.78, 5) is 15.7. The first-order valence-corrected chi connectivity index (χ1v) is 4.87. The Bertz CT molecular complexity index is 397. The number of carbonyl (C=O) groups is 1. The van der Waals surface area contributed by atoms with E-state index in [1.807, 2.05) is 0 Å². The van der Waals surface area contributed by atoms with Crippen LogP contribution in [-0.4, -0.2) is 23.7 Å². The van der Waals surface area contributed by atoms with Gasteiger partial charge in [0.15, 0.2) is 0 Å². The molecule has 0 amide bonds. The fraction of sp³-hybridized carbons (Fsp3) is 0.455. The zero-order valence-electron chi connectivity index (χ0n) is 9.90. The Morgan fingerprint density at radius 1 is 1.38 bits per heavy atom. The molecule has 1 rings (SSSR count). The Hall–Kier alpha value is -1.78. The van der Waals surface area contributed by atoms with Crippen LogP contribution in [0.3, 0.4) is 0 Å². The zero-order valence-corrected chi connectivity index (χ0v) is 9.90. The average Bonchev–Trinajstić information content (AvgIpc) is 2.14. The molecule has 0 aliphatic rings. The molecule has 0 unspecified atom stereocenters. The van der Waals surface area contributed by atoms with Crippen molar-refractivity contribution in [1.82, 2.24) is 4.98 Å². The molecule has 0 aromatic carbocycles. The van der Waals surface area contributed by atoms with Crippen molar-refractivity contribution in [2.45, 2.75) is 26.4 Å². The van der Waals surface area contributed by atoms with Gasteiger partial charge < -0.3 is 15.2 Å². The van der Waals surface area contributed by atoms with Gasteiger partial charge in [-0.25, -0.2) is 4.79 Å². The van der Waals surface area contributed by atoms with Crippen molar-refractivity contribution >= 4 is 11.8 Å². The van der Waals surface area contributed by atoms with Gasteiger partial charge >= 0.3 is 5.97 Å². The zero-order chi connectivity index (χ0) is 12.3. The molecule has 2 N–H and O–H groups in total. The number of hydrogen-bond acceptors (Lipinski definition) is 5. The third kappa shape index (κ3) is 3.12. The van der Waals surface area contributed by atoms with Crippen LogP contribution in [0.25, 0.3) is 0 Å². The second-order valence-corrected chi connectivity index (χ2v) is 4.29. The van der Waals surface area contributed by atoms with Gasteiger partial charge in [0.2, 0.25) is 5.88 Å². The molecule has 0 saturated heterocycles. The van der Waals surface area contributed by atoms with Gasteiger partial charge in [-0.2, -0.15) is 4.98 Å². The highest BCUT2D eigenvalue weighted by Crippen LogP contribution is 2.20. The molecule has 5 heteroatoms. The lowest BCUT2D eigenvalue weighted by molar-refractivity contribution is 0.00658. The van der Waals surface area contributed by atoms with Crippen LogP contribution in [0.15, 0.2) is 12.1 Å². The number of carbonyl (C=O) groups excluding carboxylic acids is 1. The predicted molar refractivity (Wildman–Crippen MR) is 60.4 cm³/mol. The average molecular weight is 224 g/mol. The van der Waals surface area contributed by atoms with Crippen LogP contribution >= 0.6 is 0 Å². The second kappa shape index (κ2) is 4.38. The van der Waals surface area contributed by atoms with E-state index in [0.29, 0.717) is 5.82 Å². The normalized spacial score (nSPS) is 11.0. The molecule has 0 bridgehead atoms. The van der Waals surface area contributed by atoms with E-state index in [1.165, 1.54) is 19.2 Å². The predicted octanol–water partition coefficient (Wildman–Crippen LogP) is 1.63. The molecule has 88 valence electrons. The number of ether oxygens (including phenoxy) is 2. The molecule has 5 nitrogen and oxygen atoms in total. The number of nitrogen functional groups attached to an aromatic ring is 1. The smallest absolute Gasteiger partial charge is 0.344 e. The number of nitrogens with zero attached hydrogens (tertiary/aromatic N) is 1. The molecule has 0 spiro atoms. The minimum atomic E-state index is -0.552. The van der Waals surface area contributed by atoms with E-state index in [2.05, 4.69) is 4.98 Å². The van der Waals surface area contributed by atoms with Crippen molar-refractivity contribution in [3.05, 3.63) is 17.7 Å². The van der Waals surface area contributed by atoms with Crippen LogP contribution in [0, 0.1) is 0 Å². The van der Waals surface area contributed by atoms with Gasteiger partial charge in [-0.15, -0.1) is 0 Å². The second-order valence-electron chi connectivity index (χ2n) is 4.29. The Kier molecular flexibility index (Phi) is 3.37. The van der Waals surface area contributed by atoms with Gasteiger partial charge in [0, 0.05) is 0 Å². The number of rotatable bonds is 2. The Morgan fingerprint density at radius 3 is 2.50 bits per heavy atom. The fourth-order valence-electron chi connectivity index (χ4n) is 1.10. The molecular weight excluding hydrogens is 208 g/mol. The molecule has 0 radical (unpaired) electrons. The van der Waals surface area contributed by atoms with E-state index < -0.39 is 11.6 Å². The topological polar surface area (TPSA) is 74.4 Å². The maximum Gasteiger partial charge on any atom is 0.344 e. The number of aromatic nitrogens is 1. The summed E-state index contributed by atoms with van der Waals surface area (Å²) in [6.45, 7) is 5.38. The molecule has 16 heavy (non-hydrogen) atoms. The minimum Gasteiger partial charge on any atom is -0.480 e. The first-order valence-electron chi connectivity index (χ1n) is 4.87. The number of hydrogen-bond donors (Lipinski definition) is 1. The van der Waals surface area contributed by atoms with E-state index >= 15 is 0 Å². The summed E-state index contributed by atoms with van der Waals surface area (Å²) in [5.74, 6) is -0.00439. The molecule has 0 atom stereocenters. The number of anilines is 1. The van der Waals surface area contributed by atoms with Crippen LogP contribution in [-0.2, 0) is 4.74 Å². The SMILES string of the molecule is COc1nc(N)ccc1C(=O)OC(C)(C)C. The lowest BCUT2D eigenvalue weighted by Crippen LogP contribution is -2.24. The summed E-state index contributed by atoms with van der Waals surface area (Å²) in [5.41, 5.74) is 5.21. The maximum atomic E-state index is 11.8. The van der Waals surface area contributed by atoms with Crippen LogP contribution < -0.4 is 10.5 Å². The number of nitrogens with two attached hydrogens (primary N) is 1. The first-order chi connectivity index (χ1) is 7.33. The van der Waals surface area contributed by atoms with Gasteiger partial charge in [0.1, 0.15) is 17.0 Å². The van der Waals surface area contributed by atoms with Gasteiger partial charge in [-0.1, -0.05) is 0 Å². The van der Waals surface area contributed by atoms with Crippen molar-refractivity contribution in [2.24, 2.45) is 0 Å². The molecule has 0 aliphatic carbocycles. The van der Waals surface area contributed by atoms with Crippen LogP contribution in [0.5, 0.6) is 5.88 Å². The summed E-state index contributed by atoms with van der Waals surface area (Å²) in [7, 11) is 1.43. The summed E-state index contributed by atoms with van der Waals surface area (Å²) < 4.78 is 10.2. The molecular formula is C11H16N2O3. The number of methoxy groups -OCH3 is 1. The third-order valence-electron chi connectivity index (χ3n) is 1.69. The number of pyridine rings is 1. The standard InChI is InChI=1S/C11H16N2O3/c1-11(2,3)16-10(14)7-5-6-8(12)13-9(7)15-4/h5-6H,1-4H3,(H2,12,13). The van der Waals surface area contributed by atoms with E-state index in [0.717, 1.165) is 0 Å². The molecule has 1 aromatic rings. The van der Waals surface area contributed by atoms with Crippen molar-refractivity contribution < 1.29 is 14.3 Å². The van der Waals surface area contributed by atoms with E-state index in [1.54, 1.807) is 20.8 Å². The fourth-order valence-corrected chi connectivity index (χ4v) is 1.10. The molecule has 1 aromatic heterocycles. The Morgan fingerprint density at radius 2 is 2.00 bits per heavy atom. The van der Waals surface area contributed by atoms with Crippen LogP contribution in [0.4, 0.5) is 5.82 Å². The maximum absolute atomic E-state index is 11.8. The van der Waals surface area contributed by atoms with Gasteiger partial charge in [0.25, 0.3) is 0 Å². The van der Waals surface area contributed by atoms with Crippen molar-refractivity contribution in [3.63, 3.8) is 0 Å². The lowest BCUT2D eigenvalue weighted by atomic mass is 10.2. The summed E-state index contributed by atoms with van der Waals surface area (Å²) >= 11 is 0. The van der Waals surface area contributed by atoms with Gasteiger partial charge in [0.05, 0.1) is 7.11 Å². The number of esters is 1. The van der Waals surface area contributed by atoms with E-state index in [9.17, 15) is 4.79 Å². The summed E-state index contributed by atoms with van der Waals surface area (Å²) in [5, 5.41) is 0. The van der Waals surface area contributed by atoms with E-state index in [4.69, 9.17) is 15.2 Å². The van der Waals surface area contributed by atoms with Crippen molar-refractivity contribution in [2.75, 3.05) is 12.8 Å². The summed E-state index contributed by atoms with van der Waals surface area (Å²) in [6, 6.07) is 3.07. The Balaban J connectivity index is 2.99. The van der Waals surface area contributed by atoms with Crippen molar-refractivity contribution in [1.29, 1.82) is 0 Å². The van der Waals surface area contributed by atoms with Gasteiger partial charge in [-0.05, 0) is 32.9 Å². The molecule has 0 saturated carbocycles. The monoisotopic (exact) mass is 224 g/mol. The molecule has 0 fully saturated rings. The summed E-state index contributed by atoms with van der Waals surface area (Å²) in [6.07, 6.45) is 0. The third-order valence-corrected chi connectivity index (χ3v) is 1.69. The molecule has 0 aliphatic heterocycles. The first kappa shape index (κ1) is 12.3.